The van der Waals surface area contributed by atoms with Gasteiger partial charge in [-0.25, -0.2) is 0 Å². The minimum absolute atomic E-state index is 0.909. The topological polar surface area (TPSA) is 0 Å². The van der Waals surface area contributed by atoms with Crippen molar-refractivity contribution >= 4 is 8.70 Å². The van der Waals surface area contributed by atoms with Crippen molar-refractivity contribution < 1.29 is 0 Å². The molecule has 0 aromatic heterocycles. The van der Waals surface area contributed by atoms with E-state index < -0.39 is 0 Å². The zero-order chi connectivity index (χ0) is 4.83. The molecular formula is C5H7P. The van der Waals surface area contributed by atoms with Crippen molar-refractivity contribution in [2.75, 3.05) is 0 Å². The van der Waals surface area contributed by atoms with Gasteiger partial charge in [-0.1, -0.05) is 0 Å². The van der Waals surface area contributed by atoms with Crippen LogP contribution >= 0.6 is 8.70 Å². The van der Waals surface area contributed by atoms with Crippen LogP contribution in [0.3, 0.4) is 0 Å². The van der Waals surface area contributed by atoms with Gasteiger partial charge in [0, 0.05) is 0 Å². The third kappa shape index (κ3) is 3.95. The summed E-state index contributed by atoms with van der Waals surface area (Å²) in [4.78, 5) is 0. The molecule has 0 saturated heterocycles. The van der Waals surface area contributed by atoms with Gasteiger partial charge in [0.25, 0.3) is 0 Å². The fraction of sp³-hybridized carbons (Fsp3) is 0.400. The summed E-state index contributed by atoms with van der Waals surface area (Å²) in [6.07, 6.45) is 3.75. The molecule has 0 aromatic rings. The quantitative estimate of drug-likeness (QED) is 0.282. The Morgan fingerprint density at radius 3 is 2.67 bits per heavy atom. The molecule has 0 fully saturated rings. The Bertz CT molecular complexity index is 68.5. The van der Waals surface area contributed by atoms with Gasteiger partial charge in [0.05, 0.1) is 0 Å². The van der Waals surface area contributed by atoms with Crippen molar-refractivity contribution in [1.82, 2.24) is 0 Å². The zero-order valence-electron chi connectivity index (χ0n) is 3.65. The minimum atomic E-state index is 0.909. The molecule has 0 aliphatic rings. The fourth-order valence-corrected chi connectivity index (χ4v) is 0.296. The maximum absolute atomic E-state index is 3.76. The third-order valence-electron chi connectivity index (χ3n) is 0.460. The Kier molecular flexibility index (Phi) is 4.91. The second-order valence-corrected chi connectivity index (χ2v) is 1.30. The third-order valence-corrected chi connectivity index (χ3v) is 0.684. The summed E-state index contributed by atoms with van der Waals surface area (Å²) >= 11 is 0. The molecule has 0 spiro atoms. The molecule has 0 heterocycles. The summed E-state index contributed by atoms with van der Waals surface area (Å²) in [6.45, 7) is 3.52. The van der Waals surface area contributed by atoms with Crippen LogP contribution in [0.25, 0.3) is 0 Å². The second-order valence-electron chi connectivity index (χ2n) is 0.985. The van der Waals surface area contributed by atoms with Crippen LogP contribution in [0.1, 0.15) is 12.8 Å². The molecule has 0 rings (SSSR count). The van der Waals surface area contributed by atoms with Crippen LogP contribution < -0.4 is 0 Å². The van der Waals surface area contributed by atoms with E-state index in [1.165, 1.54) is 0 Å². The number of rotatable bonds is 2. The van der Waals surface area contributed by atoms with Gasteiger partial charge in [-0.3, -0.25) is 0 Å². The van der Waals surface area contributed by atoms with Crippen molar-refractivity contribution in [3.05, 3.63) is 12.7 Å². The molecule has 6 heavy (non-hydrogen) atoms. The number of hydrogen-bond acceptors (Lipinski definition) is 0. The van der Waals surface area contributed by atoms with Gasteiger partial charge in [0.1, 0.15) is 0 Å². The number of hydrogen-bond donors (Lipinski definition) is 0. The first-order valence-electron chi connectivity index (χ1n) is 1.89. The molecule has 0 amide bonds. The van der Waals surface area contributed by atoms with E-state index in [-0.39, 0.29) is 0 Å². The second kappa shape index (κ2) is 4.95. The Balaban J connectivity index is 2.72. The van der Waals surface area contributed by atoms with Crippen LogP contribution in [0.2, 0.25) is 0 Å². The van der Waals surface area contributed by atoms with E-state index in [1.54, 1.807) is 0 Å². The van der Waals surface area contributed by atoms with Crippen molar-refractivity contribution in [1.29, 1.82) is 0 Å². The summed E-state index contributed by atoms with van der Waals surface area (Å²) < 4.78 is 0. The van der Waals surface area contributed by atoms with Crippen molar-refractivity contribution in [3.8, 4) is 5.63 Å². The summed E-state index contributed by atoms with van der Waals surface area (Å²) in [5.41, 5.74) is 2.69. The molecule has 0 bridgehead atoms. The summed E-state index contributed by atoms with van der Waals surface area (Å²) in [7, 11) is 3.76. The van der Waals surface area contributed by atoms with Crippen LogP contribution in [0, 0.1) is 5.63 Å². The molecule has 0 atom stereocenters. The van der Waals surface area contributed by atoms with Gasteiger partial charge in [-0.2, -0.15) is 0 Å². The maximum atomic E-state index is 3.76. The van der Waals surface area contributed by atoms with Crippen LogP contribution in [-0.2, 0) is 0 Å². The Labute approximate surface area is 40.8 Å². The first-order chi connectivity index (χ1) is 2.91. The summed E-state index contributed by atoms with van der Waals surface area (Å²) in [5.74, 6) is 0. The van der Waals surface area contributed by atoms with Crippen LogP contribution in [0.15, 0.2) is 12.7 Å². The van der Waals surface area contributed by atoms with Gasteiger partial charge >= 0.3 is 39.8 Å². The summed E-state index contributed by atoms with van der Waals surface area (Å²) in [5, 5.41) is 0. The average molecular weight is 98.1 g/mol. The Morgan fingerprint density at radius 2 is 2.50 bits per heavy atom. The molecule has 0 aliphatic carbocycles. The molecule has 0 saturated carbocycles. The summed E-state index contributed by atoms with van der Waals surface area (Å²) in [6, 6.07) is 0. The molecule has 0 unspecified atom stereocenters. The first kappa shape index (κ1) is 5.95. The molecule has 0 radical (unpaired) electrons. The van der Waals surface area contributed by atoms with E-state index in [0.717, 1.165) is 12.8 Å². The predicted octanol–water partition coefficient (Wildman–Crippen LogP) is 2.32. The normalized spacial score (nSPS) is 6.50. The first-order valence-corrected chi connectivity index (χ1v) is 2.34. The van der Waals surface area contributed by atoms with Crippen molar-refractivity contribution in [2.24, 2.45) is 0 Å². The monoisotopic (exact) mass is 98.0 g/mol. The van der Waals surface area contributed by atoms with Crippen LogP contribution in [0.4, 0.5) is 0 Å². The molecule has 0 N–H and O–H groups in total. The van der Waals surface area contributed by atoms with E-state index in [1.807, 2.05) is 6.08 Å². The van der Waals surface area contributed by atoms with E-state index in [2.05, 4.69) is 20.9 Å². The van der Waals surface area contributed by atoms with Crippen molar-refractivity contribution in [3.63, 3.8) is 0 Å². The van der Waals surface area contributed by atoms with E-state index in [9.17, 15) is 0 Å². The number of allylic oxidation sites excluding steroid dienone is 1. The Hall–Kier alpha value is -0.0500. The van der Waals surface area contributed by atoms with Gasteiger partial charge in [0.2, 0.25) is 0 Å². The number of unbranched alkanes of at least 4 members (excludes halogenated alkanes) is 1. The fourth-order valence-electron chi connectivity index (χ4n) is 0.167. The predicted molar refractivity (Wildman–Crippen MR) is 30.2 cm³/mol. The molecule has 0 nitrogen and oxygen atoms in total. The molecule has 1 heteroatoms. The standard InChI is InChI=1S/C5H7P/c1-2-3-4-5-6/h2H,1,3-4H2. The van der Waals surface area contributed by atoms with E-state index >= 15 is 0 Å². The molecular weight excluding hydrogens is 91.0 g/mol. The molecule has 0 aliphatic heterocycles. The van der Waals surface area contributed by atoms with Gasteiger partial charge in [-0.05, 0) is 0 Å². The van der Waals surface area contributed by atoms with E-state index in [4.69, 9.17) is 0 Å². The average Bonchev–Trinajstić information content (AvgIpc) is 1.61. The zero-order valence-corrected chi connectivity index (χ0v) is 4.54. The van der Waals surface area contributed by atoms with Crippen molar-refractivity contribution in [2.45, 2.75) is 12.8 Å². The molecule has 0 aromatic carbocycles. The van der Waals surface area contributed by atoms with E-state index in [0.29, 0.717) is 0 Å². The SMILES string of the molecule is C=CCCC#P. The van der Waals surface area contributed by atoms with Gasteiger partial charge < -0.3 is 0 Å². The van der Waals surface area contributed by atoms with Crippen LogP contribution in [-0.4, -0.2) is 0 Å². The van der Waals surface area contributed by atoms with Crippen LogP contribution in [0.5, 0.6) is 0 Å². The van der Waals surface area contributed by atoms with Gasteiger partial charge in [-0.15, -0.1) is 0 Å². The molecule has 32 valence electrons. The van der Waals surface area contributed by atoms with Gasteiger partial charge in [0.15, 0.2) is 0 Å². The Morgan fingerprint density at radius 1 is 1.83 bits per heavy atom.